The third-order valence-corrected chi connectivity index (χ3v) is 7.26. The minimum atomic E-state index is -0.171. The normalized spacial score (nSPS) is 15.0. The number of anilines is 1. The average molecular weight is 463 g/mol. The molecule has 5 nitrogen and oxygen atoms in total. The number of aromatic nitrogens is 1. The second-order valence-electron chi connectivity index (χ2n) is 7.58. The number of fused-ring (bicyclic) bond motifs is 1. The van der Waals surface area contributed by atoms with Crippen LogP contribution in [0.5, 0.6) is 0 Å². The SMILES string of the molecule is Cc1ccc(C)c2sc(N3CCN(CCNC(=O)c4ccc(Cl)cc4Cl)CC3)nc12. The Bertz CT molecular complexity index is 1040. The lowest BCUT2D eigenvalue weighted by atomic mass is 10.1. The molecule has 1 aromatic heterocycles. The minimum Gasteiger partial charge on any atom is -0.351 e. The molecule has 3 aromatic rings. The first-order chi connectivity index (χ1) is 14.4. The molecular weight excluding hydrogens is 439 g/mol. The fraction of sp³-hybridized carbons (Fsp3) is 0.364. The Morgan fingerprint density at radius 3 is 2.53 bits per heavy atom. The summed E-state index contributed by atoms with van der Waals surface area (Å²) in [5.41, 5.74) is 4.09. The van der Waals surface area contributed by atoms with Crippen LogP contribution in [0.1, 0.15) is 21.5 Å². The van der Waals surface area contributed by atoms with Crippen molar-refractivity contribution in [2.24, 2.45) is 0 Å². The van der Waals surface area contributed by atoms with Crippen molar-refractivity contribution in [2.45, 2.75) is 13.8 Å². The maximum absolute atomic E-state index is 12.3. The van der Waals surface area contributed by atoms with Crippen LogP contribution >= 0.6 is 34.5 Å². The van der Waals surface area contributed by atoms with Gasteiger partial charge in [0, 0.05) is 44.3 Å². The monoisotopic (exact) mass is 462 g/mol. The number of nitrogens with zero attached hydrogens (tertiary/aromatic N) is 3. The number of rotatable bonds is 5. The van der Waals surface area contributed by atoms with E-state index in [1.165, 1.54) is 15.8 Å². The molecule has 2 aromatic carbocycles. The van der Waals surface area contributed by atoms with Gasteiger partial charge in [-0.2, -0.15) is 0 Å². The minimum absolute atomic E-state index is 0.171. The van der Waals surface area contributed by atoms with E-state index in [9.17, 15) is 4.79 Å². The van der Waals surface area contributed by atoms with E-state index in [-0.39, 0.29) is 5.91 Å². The number of carbonyl (C=O) groups excluding carboxylic acids is 1. The standard InChI is InChI=1S/C22H24Cl2N4OS/c1-14-3-4-15(2)20-19(14)26-22(30-20)28-11-9-27(10-12-28)8-7-25-21(29)17-6-5-16(23)13-18(17)24/h3-6,13H,7-12H2,1-2H3,(H,25,29). The number of nitrogens with one attached hydrogen (secondary N) is 1. The lowest BCUT2D eigenvalue weighted by molar-refractivity contribution is 0.0948. The molecule has 1 fully saturated rings. The zero-order valence-electron chi connectivity index (χ0n) is 17.0. The van der Waals surface area contributed by atoms with E-state index in [0.717, 1.165) is 43.4 Å². The zero-order valence-corrected chi connectivity index (χ0v) is 19.4. The van der Waals surface area contributed by atoms with Crippen molar-refractivity contribution in [3.8, 4) is 0 Å². The Balaban J connectivity index is 1.28. The number of thiazole rings is 1. The summed E-state index contributed by atoms with van der Waals surface area (Å²) >= 11 is 13.8. The van der Waals surface area contributed by atoms with Gasteiger partial charge in [0.1, 0.15) is 0 Å². The van der Waals surface area contributed by atoms with Crippen LogP contribution in [0.3, 0.4) is 0 Å². The van der Waals surface area contributed by atoms with Gasteiger partial charge in [-0.1, -0.05) is 46.7 Å². The first-order valence-electron chi connectivity index (χ1n) is 9.99. The van der Waals surface area contributed by atoms with Gasteiger partial charge in [-0.15, -0.1) is 0 Å². The summed E-state index contributed by atoms with van der Waals surface area (Å²) in [5.74, 6) is -0.171. The van der Waals surface area contributed by atoms with Crippen molar-refractivity contribution < 1.29 is 4.79 Å². The second kappa shape index (κ2) is 9.10. The molecule has 1 aliphatic rings. The van der Waals surface area contributed by atoms with Crippen molar-refractivity contribution in [1.29, 1.82) is 0 Å². The molecule has 4 rings (SSSR count). The first kappa shape index (κ1) is 21.4. The Morgan fingerprint density at radius 2 is 1.83 bits per heavy atom. The van der Waals surface area contributed by atoms with Crippen LogP contribution in [-0.2, 0) is 0 Å². The van der Waals surface area contributed by atoms with Crippen LogP contribution < -0.4 is 10.2 Å². The van der Waals surface area contributed by atoms with E-state index in [1.807, 2.05) is 0 Å². The molecule has 2 heterocycles. The number of hydrogen-bond donors (Lipinski definition) is 1. The van der Waals surface area contributed by atoms with E-state index in [4.69, 9.17) is 28.2 Å². The number of piperazine rings is 1. The van der Waals surface area contributed by atoms with Gasteiger partial charge in [-0.05, 0) is 43.2 Å². The van der Waals surface area contributed by atoms with E-state index < -0.39 is 0 Å². The molecule has 1 amide bonds. The Hall–Kier alpha value is -1.86. The Labute approximate surface area is 190 Å². The molecule has 30 heavy (non-hydrogen) atoms. The van der Waals surface area contributed by atoms with Gasteiger partial charge in [0.25, 0.3) is 5.91 Å². The van der Waals surface area contributed by atoms with Crippen LogP contribution in [-0.4, -0.2) is 55.1 Å². The third kappa shape index (κ3) is 4.57. The quantitative estimate of drug-likeness (QED) is 0.592. The number of hydrogen-bond acceptors (Lipinski definition) is 5. The highest BCUT2D eigenvalue weighted by Gasteiger charge is 2.21. The van der Waals surface area contributed by atoms with Crippen molar-refractivity contribution in [2.75, 3.05) is 44.2 Å². The molecule has 0 bridgehead atoms. The van der Waals surface area contributed by atoms with Gasteiger partial charge in [0.15, 0.2) is 5.13 Å². The Kier molecular flexibility index (Phi) is 6.48. The summed E-state index contributed by atoms with van der Waals surface area (Å²) in [4.78, 5) is 22.0. The molecular formula is C22H24Cl2N4OS. The van der Waals surface area contributed by atoms with Crippen LogP contribution in [0.25, 0.3) is 10.2 Å². The number of halogens is 2. The van der Waals surface area contributed by atoms with Gasteiger partial charge < -0.3 is 10.2 Å². The fourth-order valence-electron chi connectivity index (χ4n) is 3.64. The van der Waals surface area contributed by atoms with Crippen LogP contribution in [0.2, 0.25) is 10.0 Å². The molecule has 8 heteroatoms. The molecule has 0 radical (unpaired) electrons. The summed E-state index contributed by atoms with van der Waals surface area (Å²) in [6.45, 7) is 9.43. The van der Waals surface area contributed by atoms with Gasteiger partial charge in [0.2, 0.25) is 0 Å². The maximum atomic E-state index is 12.3. The van der Waals surface area contributed by atoms with Gasteiger partial charge in [-0.25, -0.2) is 4.98 Å². The molecule has 0 saturated carbocycles. The molecule has 158 valence electrons. The summed E-state index contributed by atoms with van der Waals surface area (Å²) < 4.78 is 1.29. The molecule has 0 unspecified atom stereocenters. The van der Waals surface area contributed by atoms with Gasteiger partial charge >= 0.3 is 0 Å². The predicted molar refractivity (Wildman–Crippen MR) is 127 cm³/mol. The van der Waals surface area contributed by atoms with Crippen molar-refractivity contribution in [1.82, 2.24) is 15.2 Å². The van der Waals surface area contributed by atoms with Gasteiger partial charge in [0.05, 0.1) is 20.8 Å². The molecule has 0 aliphatic carbocycles. The molecule has 0 spiro atoms. The third-order valence-electron chi connectivity index (χ3n) is 5.46. The zero-order chi connectivity index (χ0) is 21.3. The van der Waals surface area contributed by atoms with Crippen molar-refractivity contribution in [3.63, 3.8) is 0 Å². The Morgan fingerprint density at radius 1 is 1.10 bits per heavy atom. The molecule has 1 saturated heterocycles. The average Bonchev–Trinajstić information content (AvgIpc) is 3.18. The summed E-state index contributed by atoms with van der Waals surface area (Å²) in [6, 6.07) is 9.22. The number of aryl methyl sites for hydroxylation is 2. The smallest absolute Gasteiger partial charge is 0.252 e. The van der Waals surface area contributed by atoms with Crippen molar-refractivity contribution >= 4 is 55.8 Å². The molecule has 1 aliphatic heterocycles. The van der Waals surface area contributed by atoms with E-state index in [0.29, 0.717) is 22.2 Å². The topological polar surface area (TPSA) is 48.5 Å². The van der Waals surface area contributed by atoms with Crippen LogP contribution in [0, 0.1) is 13.8 Å². The van der Waals surface area contributed by atoms with Crippen LogP contribution in [0.4, 0.5) is 5.13 Å². The van der Waals surface area contributed by atoms with Crippen molar-refractivity contribution in [3.05, 3.63) is 57.1 Å². The fourth-order valence-corrected chi connectivity index (χ4v) is 5.30. The number of amides is 1. The highest BCUT2D eigenvalue weighted by atomic mass is 35.5. The number of carbonyl (C=O) groups is 1. The number of benzene rings is 2. The lowest BCUT2D eigenvalue weighted by Crippen LogP contribution is -2.48. The largest absolute Gasteiger partial charge is 0.351 e. The van der Waals surface area contributed by atoms with Crippen LogP contribution in [0.15, 0.2) is 30.3 Å². The van der Waals surface area contributed by atoms with Gasteiger partial charge in [-0.3, -0.25) is 9.69 Å². The first-order valence-corrected chi connectivity index (χ1v) is 11.6. The lowest BCUT2D eigenvalue weighted by Gasteiger charge is -2.34. The van der Waals surface area contributed by atoms with E-state index in [2.05, 4.69) is 41.1 Å². The second-order valence-corrected chi connectivity index (χ2v) is 9.40. The molecule has 1 N–H and O–H groups in total. The predicted octanol–water partition coefficient (Wildman–Crippen LogP) is 4.77. The molecule has 0 atom stereocenters. The van der Waals surface area contributed by atoms with E-state index in [1.54, 1.807) is 29.5 Å². The summed E-state index contributed by atoms with van der Waals surface area (Å²) in [6.07, 6.45) is 0. The maximum Gasteiger partial charge on any atom is 0.252 e. The van der Waals surface area contributed by atoms with E-state index >= 15 is 0 Å². The summed E-state index contributed by atoms with van der Waals surface area (Å²) in [5, 5.41) is 4.94. The summed E-state index contributed by atoms with van der Waals surface area (Å²) in [7, 11) is 0. The highest BCUT2D eigenvalue weighted by Crippen LogP contribution is 2.33. The highest BCUT2D eigenvalue weighted by molar-refractivity contribution is 7.22.